The van der Waals surface area contributed by atoms with Gasteiger partial charge in [-0.25, -0.2) is 0 Å². The van der Waals surface area contributed by atoms with Crippen LogP contribution in [0, 0.1) is 0 Å². The fraction of sp³-hybridized carbons (Fsp3) is 0.292. The predicted octanol–water partition coefficient (Wildman–Crippen LogP) is 3.47. The summed E-state index contributed by atoms with van der Waals surface area (Å²) in [7, 11) is 0. The maximum Gasteiger partial charge on any atom is 0.258 e. The highest BCUT2D eigenvalue weighted by molar-refractivity contribution is 6.26. The van der Waals surface area contributed by atoms with Crippen molar-refractivity contribution in [3.8, 4) is 11.3 Å². The molecule has 8 heteroatoms. The molecule has 1 aliphatic carbocycles. The first-order chi connectivity index (χ1) is 14.5. The number of aromatic nitrogens is 1. The quantitative estimate of drug-likeness (QED) is 0.379. The number of hydrogen-bond acceptors (Lipinski definition) is 5. The summed E-state index contributed by atoms with van der Waals surface area (Å²) in [5, 5.41) is 1.14. The summed E-state index contributed by atoms with van der Waals surface area (Å²) < 4.78 is 1.58. The number of carbonyl (C=O) groups is 2. The third-order valence-electron chi connectivity index (χ3n) is 5.80. The summed E-state index contributed by atoms with van der Waals surface area (Å²) in [5.41, 5.74) is 13.8. The highest BCUT2D eigenvalue weighted by atomic mass is 35.5. The summed E-state index contributed by atoms with van der Waals surface area (Å²) in [6.07, 6.45) is 2.36. The third kappa shape index (κ3) is 4.50. The van der Waals surface area contributed by atoms with Crippen molar-refractivity contribution in [1.29, 1.82) is 0 Å². The molecule has 1 aliphatic rings. The molecular weight excluding hydrogens is 449 g/mol. The number of halogens is 2. The summed E-state index contributed by atoms with van der Waals surface area (Å²) in [4.78, 5) is 39.0. The molecule has 2 aromatic carbocycles. The van der Waals surface area contributed by atoms with Gasteiger partial charge in [-0.2, -0.15) is 0 Å². The molecule has 0 saturated carbocycles. The van der Waals surface area contributed by atoms with Gasteiger partial charge in [0.15, 0.2) is 11.6 Å². The number of rotatable bonds is 8. The lowest BCUT2D eigenvalue weighted by atomic mass is 10.0. The number of nitrogens with zero attached hydrogens (tertiary/aromatic N) is 1. The van der Waals surface area contributed by atoms with Gasteiger partial charge in [-0.15, -0.1) is 24.8 Å². The zero-order valence-corrected chi connectivity index (χ0v) is 19.2. The van der Waals surface area contributed by atoms with Crippen molar-refractivity contribution in [2.24, 2.45) is 11.5 Å². The molecule has 0 bridgehead atoms. The first-order valence-corrected chi connectivity index (χ1v) is 10.3. The monoisotopic (exact) mass is 475 g/mol. The molecule has 0 aliphatic heterocycles. The molecule has 0 unspecified atom stereocenters. The summed E-state index contributed by atoms with van der Waals surface area (Å²) >= 11 is 0. The van der Waals surface area contributed by atoms with Gasteiger partial charge in [0.1, 0.15) is 0 Å². The van der Waals surface area contributed by atoms with E-state index in [1.807, 2.05) is 30.3 Å². The molecular formula is C24H27Cl2N3O3. The Morgan fingerprint density at radius 3 is 2.22 bits per heavy atom. The molecule has 0 saturated heterocycles. The normalized spacial score (nSPS) is 12.5. The second kappa shape index (κ2) is 10.9. The average Bonchev–Trinajstić information content (AvgIpc) is 3.06. The first kappa shape index (κ1) is 25.7. The van der Waals surface area contributed by atoms with Crippen LogP contribution in [0.3, 0.4) is 0 Å². The van der Waals surface area contributed by atoms with Gasteiger partial charge in [-0.05, 0) is 25.5 Å². The van der Waals surface area contributed by atoms with Crippen molar-refractivity contribution in [1.82, 2.24) is 4.57 Å². The van der Waals surface area contributed by atoms with Crippen molar-refractivity contribution in [3.05, 3.63) is 70.0 Å². The zero-order valence-electron chi connectivity index (χ0n) is 17.6. The topological polar surface area (TPSA) is 108 Å². The molecule has 1 aromatic heterocycles. The van der Waals surface area contributed by atoms with Crippen LogP contribution in [0.1, 0.15) is 41.6 Å². The van der Waals surface area contributed by atoms with E-state index in [9.17, 15) is 14.4 Å². The number of Topliss-reactive ketones (excluding diaryl/α,β-unsaturated/α-hetero) is 1. The van der Waals surface area contributed by atoms with Gasteiger partial charge in [0, 0.05) is 34.9 Å². The lowest BCUT2D eigenvalue weighted by molar-refractivity contribution is -0.120. The van der Waals surface area contributed by atoms with Crippen molar-refractivity contribution in [2.45, 2.75) is 38.3 Å². The van der Waals surface area contributed by atoms with Gasteiger partial charge >= 0.3 is 0 Å². The number of nitrogens with two attached hydrogens (primary N) is 2. The molecule has 0 radical (unpaired) electrons. The van der Waals surface area contributed by atoms with Crippen molar-refractivity contribution in [3.63, 3.8) is 0 Å². The van der Waals surface area contributed by atoms with Gasteiger partial charge in [0.2, 0.25) is 0 Å². The maximum atomic E-state index is 13.3. The summed E-state index contributed by atoms with van der Waals surface area (Å²) in [5.74, 6) is -0.172. The molecule has 0 spiro atoms. The molecule has 6 nitrogen and oxygen atoms in total. The fourth-order valence-corrected chi connectivity index (χ4v) is 4.22. The molecule has 4 N–H and O–H groups in total. The van der Waals surface area contributed by atoms with E-state index in [-0.39, 0.29) is 54.9 Å². The number of unbranched alkanes of at least 4 members (excludes halogenated alkanes) is 1. The zero-order chi connectivity index (χ0) is 21.3. The van der Waals surface area contributed by atoms with E-state index < -0.39 is 6.04 Å². The van der Waals surface area contributed by atoms with E-state index in [2.05, 4.69) is 0 Å². The van der Waals surface area contributed by atoms with Crippen molar-refractivity contribution >= 4 is 47.2 Å². The van der Waals surface area contributed by atoms with E-state index in [0.29, 0.717) is 40.6 Å². The molecule has 3 aromatic rings. The third-order valence-corrected chi connectivity index (χ3v) is 5.80. The number of carbonyl (C=O) groups excluding carboxylic acids is 2. The number of hydrogen-bond donors (Lipinski definition) is 2. The minimum atomic E-state index is -0.560. The Labute approximate surface area is 198 Å². The lowest BCUT2D eigenvalue weighted by Crippen LogP contribution is -2.32. The Hall–Kier alpha value is -2.51. The van der Waals surface area contributed by atoms with E-state index in [1.54, 1.807) is 22.8 Å². The molecule has 32 heavy (non-hydrogen) atoms. The Kier molecular flexibility index (Phi) is 8.75. The second-order valence-corrected chi connectivity index (χ2v) is 7.71. The Balaban J connectivity index is 0.00000181. The predicted molar refractivity (Wildman–Crippen MR) is 132 cm³/mol. The fourth-order valence-electron chi connectivity index (χ4n) is 4.22. The van der Waals surface area contributed by atoms with Crippen LogP contribution in [0.4, 0.5) is 0 Å². The average molecular weight is 476 g/mol. The standard InChI is InChI=1S/C24H25N3O3.2ClH/c25-13-6-5-11-19(26)20(28)12-14-27-22-16-8-2-3-9-17(16)23(29)21(22)15-7-1-4-10-18(15)24(27)30;;/h1-4,7-10,19H,5-6,11-14,25-26H2;2*1H/t19-;;/m1../s1. The largest absolute Gasteiger partial charge is 0.330 e. The van der Waals surface area contributed by atoms with Gasteiger partial charge in [0.05, 0.1) is 17.3 Å². The van der Waals surface area contributed by atoms with Crippen LogP contribution >= 0.6 is 24.8 Å². The molecule has 4 rings (SSSR count). The van der Waals surface area contributed by atoms with Gasteiger partial charge in [-0.1, -0.05) is 48.9 Å². The molecule has 0 fully saturated rings. The van der Waals surface area contributed by atoms with Gasteiger partial charge in [-0.3, -0.25) is 14.4 Å². The van der Waals surface area contributed by atoms with Crippen LogP contribution in [-0.4, -0.2) is 28.7 Å². The van der Waals surface area contributed by atoms with Crippen LogP contribution in [-0.2, 0) is 11.3 Å². The maximum absolute atomic E-state index is 13.3. The minimum absolute atomic E-state index is 0. The van der Waals surface area contributed by atoms with E-state index in [4.69, 9.17) is 11.5 Å². The van der Waals surface area contributed by atoms with E-state index in [0.717, 1.165) is 18.4 Å². The number of fused-ring (bicyclic) bond motifs is 5. The number of ketones is 2. The van der Waals surface area contributed by atoms with Crippen LogP contribution < -0.4 is 17.0 Å². The van der Waals surface area contributed by atoms with Crippen LogP contribution in [0.5, 0.6) is 0 Å². The highest BCUT2D eigenvalue weighted by Crippen LogP contribution is 2.39. The van der Waals surface area contributed by atoms with E-state index in [1.165, 1.54) is 0 Å². The first-order valence-electron chi connectivity index (χ1n) is 10.3. The van der Waals surface area contributed by atoms with Crippen molar-refractivity contribution in [2.75, 3.05) is 6.54 Å². The molecule has 1 heterocycles. The second-order valence-electron chi connectivity index (χ2n) is 7.71. The SMILES string of the molecule is Cl.Cl.NCCCC[C@@H](N)C(=O)CCn1c2c(c3ccccc3c1=O)C(=O)c1ccccc1-2. The summed E-state index contributed by atoms with van der Waals surface area (Å²) in [6.45, 7) is 0.768. The summed E-state index contributed by atoms with van der Waals surface area (Å²) in [6, 6.07) is 13.9. The molecule has 0 amide bonds. The highest BCUT2D eigenvalue weighted by Gasteiger charge is 2.32. The van der Waals surface area contributed by atoms with Gasteiger partial charge in [0.25, 0.3) is 5.56 Å². The Morgan fingerprint density at radius 2 is 1.53 bits per heavy atom. The number of benzene rings is 2. The van der Waals surface area contributed by atoms with Gasteiger partial charge < -0.3 is 16.0 Å². The smallest absolute Gasteiger partial charge is 0.258 e. The lowest BCUT2D eigenvalue weighted by Gasteiger charge is -2.16. The van der Waals surface area contributed by atoms with Crippen molar-refractivity contribution < 1.29 is 9.59 Å². The Bertz CT molecular complexity index is 1210. The molecule has 170 valence electrons. The molecule has 1 atom stereocenters. The van der Waals surface area contributed by atoms with Crippen LogP contribution in [0.15, 0.2) is 53.3 Å². The Morgan fingerprint density at radius 1 is 0.906 bits per heavy atom. The van der Waals surface area contributed by atoms with Crippen LogP contribution in [0.2, 0.25) is 0 Å². The van der Waals surface area contributed by atoms with E-state index >= 15 is 0 Å². The van der Waals surface area contributed by atoms with Crippen LogP contribution in [0.25, 0.3) is 22.0 Å². The number of pyridine rings is 1. The minimum Gasteiger partial charge on any atom is -0.330 e.